The molecular weight excluding hydrogens is 414 g/mol. The van der Waals surface area contributed by atoms with Crippen LogP contribution in [0, 0.1) is 5.92 Å². The largest absolute Gasteiger partial charge is 0.454 e. The van der Waals surface area contributed by atoms with Gasteiger partial charge in [0, 0.05) is 45.2 Å². The Kier molecular flexibility index (Phi) is 6.83. The van der Waals surface area contributed by atoms with Crippen LogP contribution in [0.1, 0.15) is 36.5 Å². The molecule has 176 valence electrons. The van der Waals surface area contributed by atoms with Crippen molar-refractivity contribution in [1.29, 1.82) is 0 Å². The van der Waals surface area contributed by atoms with Gasteiger partial charge in [0.15, 0.2) is 11.5 Å². The minimum absolute atomic E-state index is 0.184. The summed E-state index contributed by atoms with van der Waals surface area (Å²) < 4.78 is 10.9. The van der Waals surface area contributed by atoms with Crippen molar-refractivity contribution < 1.29 is 14.3 Å². The van der Waals surface area contributed by atoms with E-state index in [2.05, 4.69) is 58.0 Å². The van der Waals surface area contributed by atoms with E-state index in [-0.39, 0.29) is 5.92 Å². The van der Waals surface area contributed by atoms with Crippen LogP contribution >= 0.6 is 0 Å². The average Bonchev–Trinajstić information content (AvgIpc) is 3.33. The van der Waals surface area contributed by atoms with E-state index in [0.717, 1.165) is 83.1 Å². The fraction of sp³-hybridized carbons (Fsp3) is 0.519. The minimum atomic E-state index is 0.184. The van der Waals surface area contributed by atoms with Crippen LogP contribution in [0.4, 0.5) is 0 Å². The summed E-state index contributed by atoms with van der Waals surface area (Å²) in [5.74, 6) is 2.22. The summed E-state index contributed by atoms with van der Waals surface area (Å²) in [5.41, 5.74) is 3.99. The Hall–Kier alpha value is -2.57. The maximum absolute atomic E-state index is 13.1. The lowest BCUT2D eigenvalue weighted by molar-refractivity contribution is -0.139. The van der Waals surface area contributed by atoms with Gasteiger partial charge in [-0.05, 0) is 61.2 Å². The molecule has 3 aliphatic rings. The lowest BCUT2D eigenvalue weighted by Gasteiger charge is -2.38. The molecular formula is C27H35N3O3. The van der Waals surface area contributed by atoms with Gasteiger partial charge in [0.05, 0.1) is 0 Å². The number of carbonyl (C=O) groups is 1. The van der Waals surface area contributed by atoms with Crippen LogP contribution < -0.4 is 9.47 Å². The van der Waals surface area contributed by atoms with Gasteiger partial charge < -0.3 is 14.4 Å². The van der Waals surface area contributed by atoms with Gasteiger partial charge in [0.25, 0.3) is 0 Å². The first kappa shape index (κ1) is 22.2. The lowest BCUT2D eigenvalue weighted by Crippen LogP contribution is -2.51. The molecule has 0 saturated carbocycles. The molecule has 2 aromatic rings. The number of benzene rings is 2. The number of carbonyl (C=O) groups excluding carboxylic acids is 1. The molecule has 2 fully saturated rings. The van der Waals surface area contributed by atoms with Crippen molar-refractivity contribution in [3.63, 3.8) is 0 Å². The smallest absolute Gasteiger partial charge is 0.231 e. The van der Waals surface area contributed by atoms with Gasteiger partial charge in [-0.15, -0.1) is 0 Å². The van der Waals surface area contributed by atoms with Crippen LogP contribution in [0.15, 0.2) is 42.5 Å². The molecule has 0 N–H and O–H groups in total. The van der Waals surface area contributed by atoms with Crippen LogP contribution in [0.5, 0.6) is 11.5 Å². The molecule has 0 bridgehead atoms. The topological polar surface area (TPSA) is 45.3 Å². The highest BCUT2D eigenvalue weighted by molar-refractivity contribution is 5.79. The quantitative estimate of drug-likeness (QED) is 0.675. The number of amides is 1. The van der Waals surface area contributed by atoms with E-state index in [1.54, 1.807) is 0 Å². The Labute approximate surface area is 197 Å². The minimum Gasteiger partial charge on any atom is -0.454 e. The van der Waals surface area contributed by atoms with Crippen LogP contribution in [0.3, 0.4) is 0 Å². The van der Waals surface area contributed by atoms with E-state index < -0.39 is 0 Å². The molecule has 2 saturated heterocycles. The van der Waals surface area contributed by atoms with Crippen molar-refractivity contribution in [3.8, 4) is 11.5 Å². The number of piperidine rings is 1. The molecule has 3 aliphatic heterocycles. The van der Waals surface area contributed by atoms with Crippen LogP contribution in [0.25, 0.3) is 0 Å². The van der Waals surface area contributed by atoms with Crippen molar-refractivity contribution in [2.24, 2.45) is 5.92 Å². The highest BCUT2D eigenvalue weighted by atomic mass is 16.7. The van der Waals surface area contributed by atoms with Gasteiger partial charge in [-0.3, -0.25) is 14.6 Å². The van der Waals surface area contributed by atoms with Gasteiger partial charge in [-0.1, -0.05) is 37.3 Å². The third-order valence-electron chi connectivity index (χ3n) is 7.30. The second-order valence-electron chi connectivity index (χ2n) is 9.51. The monoisotopic (exact) mass is 449 g/mol. The fourth-order valence-electron chi connectivity index (χ4n) is 5.16. The Bertz CT molecular complexity index is 946. The van der Waals surface area contributed by atoms with Crippen molar-refractivity contribution in [1.82, 2.24) is 14.7 Å². The van der Waals surface area contributed by atoms with Crippen molar-refractivity contribution in [2.45, 2.75) is 39.3 Å². The molecule has 6 heteroatoms. The number of piperazine rings is 1. The average molecular weight is 450 g/mol. The number of hydrogen-bond donors (Lipinski definition) is 0. The van der Waals surface area contributed by atoms with Crippen molar-refractivity contribution in [2.75, 3.05) is 46.1 Å². The highest BCUT2D eigenvalue weighted by Crippen LogP contribution is 2.33. The molecule has 0 spiro atoms. The summed E-state index contributed by atoms with van der Waals surface area (Å²) in [5, 5.41) is 0. The SMILES string of the molecule is CCc1ccc(CN2CCC(C(=O)N3CCN(Cc4ccc5c(c4)OCO5)CC3)CC2)cc1. The second kappa shape index (κ2) is 10.1. The standard InChI is InChI=1S/C27H35N3O3/c1-2-21-3-5-22(6-4-21)18-28-11-9-24(10-12-28)27(31)30-15-13-29(14-16-30)19-23-7-8-25-26(17-23)33-20-32-25/h3-8,17,24H,2,9-16,18-20H2,1H3. The van der Waals surface area contributed by atoms with Gasteiger partial charge in [0.2, 0.25) is 12.7 Å². The molecule has 0 unspecified atom stereocenters. The predicted molar refractivity (Wildman–Crippen MR) is 128 cm³/mol. The predicted octanol–water partition coefficient (Wildman–Crippen LogP) is 3.53. The number of aryl methyl sites for hydroxylation is 1. The summed E-state index contributed by atoms with van der Waals surface area (Å²) in [6, 6.07) is 15.1. The number of hydrogen-bond acceptors (Lipinski definition) is 5. The Morgan fingerprint density at radius 1 is 0.788 bits per heavy atom. The molecule has 0 aliphatic carbocycles. The van der Waals surface area contributed by atoms with Gasteiger partial charge >= 0.3 is 0 Å². The number of ether oxygens (including phenoxy) is 2. The van der Waals surface area contributed by atoms with Gasteiger partial charge in [0.1, 0.15) is 0 Å². The number of likely N-dealkylation sites (tertiary alicyclic amines) is 1. The normalized spacial score (nSPS) is 19.7. The molecule has 33 heavy (non-hydrogen) atoms. The zero-order valence-corrected chi connectivity index (χ0v) is 19.7. The molecule has 1 amide bonds. The van der Waals surface area contributed by atoms with E-state index in [4.69, 9.17) is 9.47 Å². The van der Waals surface area contributed by atoms with Gasteiger partial charge in [-0.25, -0.2) is 0 Å². The number of fused-ring (bicyclic) bond motifs is 1. The molecule has 0 atom stereocenters. The van der Waals surface area contributed by atoms with E-state index in [0.29, 0.717) is 12.7 Å². The van der Waals surface area contributed by atoms with E-state index >= 15 is 0 Å². The Morgan fingerprint density at radius 3 is 2.12 bits per heavy atom. The third-order valence-corrected chi connectivity index (χ3v) is 7.30. The summed E-state index contributed by atoms with van der Waals surface area (Å²) >= 11 is 0. The first-order valence-electron chi connectivity index (χ1n) is 12.4. The third kappa shape index (κ3) is 5.33. The summed E-state index contributed by atoms with van der Waals surface area (Å²) in [6.45, 7) is 9.90. The summed E-state index contributed by atoms with van der Waals surface area (Å²) in [4.78, 5) is 20.2. The van der Waals surface area contributed by atoms with Gasteiger partial charge in [-0.2, -0.15) is 0 Å². The maximum Gasteiger partial charge on any atom is 0.231 e. The highest BCUT2D eigenvalue weighted by Gasteiger charge is 2.30. The van der Waals surface area contributed by atoms with E-state index in [1.807, 2.05) is 6.07 Å². The zero-order chi connectivity index (χ0) is 22.6. The number of nitrogens with zero attached hydrogens (tertiary/aromatic N) is 3. The molecule has 0 radical (unpaired) electrons. The lowest BCUT2D eigenvalue weighted by atomic mass is 9.94. The fourth-order valence-corrected chi connectivity index (χ4v) is 5.16. The van der Waals surface area contributed by atoms with Crippen LogP contribution in [-0.2, 0) is 24.3 Å². The maximum atomic E-state index is 13.1. The van der Waals surface area contributed by atoms with E-state index in [1.165, 1.54) is 16.7 Å². The van der Waals surface area contributed by atoms with Crippen molar-refractivity contribution >= 4 is 5.91 Å². The molecule has 3 heterocycles. The number of rotatable bonds is 6. The molecule has 0 aromatic heterocycles. The molecule has 6 nitrogen and oxygen atoms in total. The van der Waals surface area contributed by atoms with E-state index in [9.17, 15) is 4.79 Å². The van der Waals surface area contributed by atoms with Crippen LogP contribution in [0.2, 0.25) is 0 Å². The van der Waals surface area contributed by atoms with Crippen molar-refractivity contribution in [3.05, 3.63) is 59.2 Å². The Morgan fingerprint density at radius 2 is 1.39 bits per heavy atom. The first-order valence-corrected chi connectivity index (χ1v) is 12.4. The first-order chi connectivity index (χ1) is 16.2. The summed E-state index contributed by atoms with van der Waals surface area (Å²) in [7, 11) is 0. The zero-order valence-electron chi connectivity index (χ0n) is 19.7. The molecule has 5 rings (SSSR count). The Balaban J connectivity index is 1.05. The summed E-state index contributed by atoms with van der Waals surface area (Å²) in [6.07, 6.45) is 3.03. The second-order valence-corrected chi connectivity index (χ2v) is 9.51. The van der Waals surface area contributed by atoms with Crippen LogP contribution in [-0.4, -0.2) is 66.7 Å². The molecule has 2 aromatic carbocycles.